The molecule has 138 valence electrons. The van der Waals surface area contributed by atoms with E-state index in [9.17, 15) is 13.5 Å². The Labute approximate surface area is 140 Å². The molecule has 5 N–H and O–H groups in total. The Morgan fingerprint density at radius 1 is 1.13 bits per heavy atom. The molecule has 0 aliphatic rings. The molecule has 0 bridgehead atoms. The molecule has 0 rings (SSSR count). The van der Waals surface area contributed by atoms with Crippen LogP contribution in [0.25, 0.3) is 0 Å². The van der Waals surface area contributed by atoms with Crippen molar-refractivity contribution in [2.75, 3.05) is 46.9 Å². The van der Waals surface area contributed by atoms with Crippen molar-refractivity contribution in [3.8, 4) is 0 Å². The fraction of sp³-hybridized carbons (Fsp3) is 0.714. The summed E-state index contributed by atoms with van der Waals surface area (Å²) in [5, 5.41) is 19.3. The minimum absolute atomic E-state index is 0.148. The molecule has 0 fully saturated rings. The average molecular weight is 353 g/mol. The van der Waals surface area contributed by atoms with E-state index in [0.29, 0.717) is 0 Å². The summed E-state index contributed by atoms with van der Waals surface area (Å²) in [4.78, 5) is 0. The smallest absolute Gasteiger partial charge is 0.394 e. The zero-order chi connectivity index (χ0) is 18.2. The van der Waals surface area contributed by atoms with Gasteiger partial charge < -0.3 is 21.1 Å². The quantitative estimate of drug-likeness (QED) is 0.174. The summed E-state index contributed by atoms with van der Waals surface area (Å²) in [6.45, 7) is 10.8. The van der Waals surface area contributed by atoms with Gasteiger partial charge in [-0.25, -0.2) is 0 Å². The highest BCUT2D eigenvalue weighted by molar-refractivity contribution is 7.80. The maximum Gasteiger partial charge on any atom is 0.397 e. The summed E-state index contributed by atoms with van der Waals surface area (Å²) >= 11 is 0. The average Bonchev–Trinajstić information content (AvgIpc) is 2.54. The second kappa shape index (κ2) is 14.8. The first-order valence-electron chi connectivity index (χ1n) is 7.26. The van der Waals surface area contributed by atoms with Crippen molar-refractivity contribution in [1.82, 2.24) is 16.0 Å². The molecule has 8 nitrogen and oxygen atoms in total. The van der Waals surface area contributed by atoms with Crippen LogP contribution in [0.15, 0.2) is 25.3 Å². The molecule has 0 radical (unpaired) electrons. The molecule has 0 aromatic rings. The second-order valence-electron chi connectivity index (χ2n) is 4.77. The van der Waals surface area contributed by atoms with Crippen molar-refractivity contribution in [3.63, 3.8) is 0 Å². The van der Waals surface area contributed by atoms with Crippen LogP contribution in [0.2, 0.25) is 0 Å². The van der Waals surface area contributed by atoms with E-state index >= 15 is 0 Å². The van der Waals surface area contributed by atoms with Gasteiger partial charge in [0, 0.05) is 18.6 Å². The van der Waals surface area contributed by atoms with E-state index in [1.807, 2.05) is 19.2 Å². The van der Waals surface area contributed by atoms with E-state index in [1.165, 1.54) is 0 Å². The van der Waals surface area contributed by atoms with Gasteiger partial charge in [0.1, 0.15) is 0 Å². The maximum atomic E-state index is 9.53. The topological polar surface area (TPSA) is 120 Å². The molecular weight excluding hydrogens is 322 g/mol. The van der Waals surface area contributed by atoms with E-state index in [4.69, 9.17) is 4.55 Å². The third kappa shape index (κ3) is 15.8. The van der Waals surface area contributed by atoms with E-state index < -0.39 is 10.4 Å². The molecule has 0 aliphatic carbocycles. The van der Waals surface area contributed by atoms with Crippen molar-refractivity contribution >= 4 is 10.4 Å². The molecule has 9 heteroatoms. The molecule has 0 aliphatic heterocycles. The van der Waals surface area contributed by atoms with Crippen LogP contribution in [0.3, 0.4) is 0 Å². The Hall–Kier alpha value is -0.810. The monoisotopic (exact) mass is 353 g/mol. The Balaban J connectivity index is 0. The van der Waals surface area contributed by atoms with Crippen molar-refractivity contribution < 1.29 is 22.3 Å². The number of aliphatic hydroxyl groups is 1. The lowest BCUT2D eigenvalue weighted by Gasteiger charge is -2.32. The minimum Gasteiger partial charge on any atom is -0.394 e. The van der Waals surface area contributed by atoms with Crippen molar-refractivity contribution in [3.05, 3.63) is 25.3 Å². The van der Waals surface area contributed by atoms with Gasteiger partial charge in [-0.3, -0.25) is 8.74 Å². The van der Waals surface area contributed by atoms with E-state index in [0.717, 1.165) is 46.1 Å². The highest BCUT2D eigenvalue weighted by Gasteiger charge is 2.25. The summed E-state index contributed by atoms with van der Waals surface area (Å²) in [5.41, 5.74) is -0.206. The van der Waals surface area contributed by atoms with Crippen LogP contribution in [-0.2, 0) is 14.6 Å². The van der Waals surface area contributed by atoms with Crippen LogP contribution in [0.5, 0.6) is 0 Å². The zero-order valence-corrected chi connectivity index (χ0v) is 14.9. The number of hydrogen-bond donors (Lipinski definition) is 5. The van der Waals surface area contributed by atoms with Gasteiger partial charge in [0.15, 0.2) is 0 Å². The molecule has 0 saturated carbocycles. The van der Waals surface area contributed by atoms with Gasteiger partial charge in [-0.2, -0.15) is 8.42 Å². The molecule has 0 amide bonds. The van der Waals surface area contributed by atoms with Crippen LogP contribution in [0.1, 0.15) is 12.8 Å². The largest absolute Gasteiger partial charge is 0.397 e. The van der Waals surface area contributed by atoms with Gasteiger partial charge >= 0.3 is 10.4 Å². The molecule has 0 heterocycles. The van der Waals surface area contributed by atoms with Crippen LogP contribution < -0.4 is 16.0 Å². The number of aliphatic hydroxyl groups excluding tert-OH is 1. The lowest BCUT2D eigenvalue weighted by atomic mass is 9.92. The molecule has 0 aromatic heterocycles. The van der Waals surface area contributed by atoms with Gasteiger partial charge in [-0.1, -0.05) is 12.2 Å². The Kier molecular flexibility index (Phi) is 15.7. The van der Waals surface area contributed by atoms with E-state index in [1.54, 1.807) is 0 Å². The summed E-state index contributed by atoms with van der Waals surface area (Å²) < 4.78 is 29.7. The van der Waals surface area contributed by atoms with Crippen LogP contribution in [-0.4, -0.2) is 70.6 Å². The molecule has 0 aromatic carbocycles. The predicted octanol–water partition coefficient (Wildman–Crippen LogP) is -0.296. The number of nitrogens with one attached hydrogen (secondary N) is 3. The Morgan fingerprint density at radius 3 is 1.74 bits per heavy atom. The van der Waals surface area contributed by atoms with Crippen LogP contribution >= 0.6 is 0 Å². The van der Waals surface area contributed by atoms with E-state index in [-0.39, 0.29) is 12.1 Å². The van der Waals surface area contributed by atoms with Gasteiger partial charge in [-0.15, -0.1) is 13.2 Å². The first-order chi connectivity index (χ1) is 10.8. The van der Waals surface area contributed by atoms with Crippen molar-refractivity contribution in [2.24, 2.45) is 0 Å². The molecular formula is C14H31N3O5S. The Bertz CT molecular complexity index is 379. The summed E-state index contributed by atoms with van der Waals surface area (Å²) in [7, 11) is -1.39. The first-order valence-corrected chi connectivity index (χ1v) is 8.63. The fourth-order valence-electron chi connectivity index (χ4n) is 1.68. The molecule has 0 atom stereocenters. The summed E-state index contributed by atoms with van der Waals surface area (Å²) in [6.07, 6.45) is 5.46. The lowest BCUT2D eigenvalue weighted by Crippen LogP contribution is -2.50. The lowest BCUT2D eigenvalue weighted by molar-refractivity contribution is 0.150. The SMILES string of the molecule is C=CCNCCC(CO)(CCNCC=C)NC.COS(=O)(=O)O. The highest BCUT2D eigenvalue weighted by atomic mass is 32.3. The number of likely N-dealkylation sites (N-methyl/N-ethyl adjacent to an activating group) is 1. The maximum absolute atomic E-state index is 9.53. The first kappa shape index (κ1) is 24.4. The van der Waals surface area contributed by atoms with Crippen molar-refractivity contribution in [2.45, 2.75) is 18.4 Å². The number of rotatable bonds is 13. The fourth-order valence-corrected chi connectivity index (χ4v) is 1.68. The molecule has 0 saturated heterocycles. The zero-order valence-electron chi connectivity index (χ0n) is 14.0. The molecule has 0 unspecified atom stereocenters. The van der Waals surface area contributed by atoms with Crippen molar-refractivity contribution in [1.29, 1.82) is 0 Å². The third-order valence-electron chi connectivity index (χ3n) is 3.18. The normalized spacial score (nSPS) is 11.5. The second-order valence-corrected chi connectivity index (χ2v) is 5.96. The summed E-state index contributed by atoms with van der Waals surface area (Å²) in [6, 6.07) is 0. The number of hydrogen-bond acceptors (Lipinski definition) is 7. The highest BCUT2D eigenvalue weighted by Crippen LogP contribution is 2.13. The third-order valence-corrected chi connectivity index (χ3v) is 3.60. The van der Waals surface area contributed by atoms with Gasteiger partial charge in [-0.05, 0) is 33.0 Å². The molecule has 23 heavy (non-hydrogen) atoms. The van der Waals surface area contributed by atoms with Crippen LogP contribution in [0, 0.1) is 0 Å². The molecule has 0 spiro atoms. The van der Waals surface area contributed by atoms with Crippen LogP contribution in [0.4, 0.5) is 0 Å². The summed E-state index contributed by atoms with van der Waals surface area (Å²) in [5.74, 6) is 0. The van der Waals surface area contributed by atoms with Gasteiger partial charge in [0.2, 0.25) is 0 Å². The van der Waals surface area contributed by atoms with Gasteiger partial charge in [0.05, 0.1) is 13.7 Å². The van der Waals surface area contributed by atoms with Gasteiger partial charge in [0.25, 0.3) is 0 Å². The predicted molar refractivity (Wildman–Crippen MR) is 92.8 cm³/mol. The standard InChI is InChI=1S/C13H27N3O.CH4O4S/c1-4-8-15-10-6-13(12-17,14-3)7-11-16-9-5-2;1-5-6(2,3)4/h4-5,14-17H,1-2,6-12H2,3H3;1H3,(H,2,3,4). The minimum atomic E-state index is -4.16. The Morgan fingerprint density at radius 2 is 1.52 bits per heavy atom. The van der Waals surface area contributed by atoms with E-state index in [2.05, 4.69) is 33.3 Å².